The first-order chi connectivity index (χ1) is 12.0. The molecule has 0 saturated carbocycles. The maximum Gasteiger partial charge on any atom is 0.270 e. The van der Waals surface area contributed by atoms with Crippen LogP contribution < -0.4 is 5.32 Å². The Morgan fingerprint density at radius 2 is 2.20 bits per heavy atom. The van der Waals surface area contributed by atoms with Crippen molar-refractivity contribution in [3.63, 3.8) is 0 Å². The first-order valence-corrected chi connectivity index (χ1v) is 9.25. The molecule has 0 aliphatic rings. The number of carbonyl (C=O) groups excluding carboxylic acids is 1. The number of nitrogens with zero attached hydrogens (tertiary/aromatic N) is 2. The number of nitro groups is 1. The average molecular weight is 394 g/mol. The van der Waals surface area contributed by atoms with E-state index in [0.29, 0.717) is 0 Å². The molecule has 0 aliphatic heterocycles. The Balaban J connectivity index is 1.75. The molecular formula is C16H12ClN3O3S2. The summed E-state index contributed by atoms with van der Waals surface area (Å²) in [6, 6.07) is 7.74. The molecule has 1 amide bonds. The van der Waals surface area contributed by atoms with E-state index >= 15 is 0 Å². The Morgan fingerprint density at radius 1 is 1.40 bits per heavy atom. The summed E-state index contributed by atoms with van der Waals surface area (Å²) in [6.45, 7) is 2.17. The van der Waals surface area contributed by atoms with E-state index in [0.717, 1.165) is 20.5 Å². The summed E-state index contributed by atoms with van der Waals surface area (Å²) >= 11 is 9.10. The van der Waals surface area contributed by atoms with Crippen molar-refractivity contribution in [2.45, 2.75) is 13.5 Å². The summed E-state index contributed by atoms with van der Waals surface area (Å²) in [5.41, 5.74) is 0.749. The van der Waals surface area contributed by atoms with Gasteiger partial charge in [0.1, 0.15) is 5.01 Å². The molecule has 1 aromatic carbocycles. The maximum atomic E-state index is 12.3. The summed E-state index contributed by atoms with van der Waals surface area (Å²) in [4.78, 5) is 29.1. The molecule has 9 heteroatoms. The molecule has 1 N–H and O–H groups in total. The minimum absolute atomic E-state index is 0.0801. The number of nitrogens with one attached hydrogen (secondary N) is 1. The smallest absolute Gasteiger partial charge is 0.270 e. The molecule has 128 valence electrons. The van der Waals surface area contributed by atoms with Crippen LogP contribution in [0.4, 0.5) is 5.69 Å². The van der Waals surface area contributed by atoms with Gasteiger partial charge in [-0.1, -0.05) is 17.7 Å². The Hall–Kier alpha value is -2.29. The third kappa shape index (κ3) is 3.87. The Morgan fingerprint density at radius 3 is 2.88 bits per heavy atom. The molecule has 3 rings (SSSR count). The predicted molar refractivity (Wildman–Crippen MR) is 99.4 cm³/mol. The summed E-state index contributed by atoms with van der Waals surface area (Å²) in [6.07, 6.45) is 0. The highest BCUT2D eigenvalue weighted by atomic mass is 35.5. The van der Waals surface area contributed by atoms with Gasteiger partial charge in [-0.25, -0.2) is 4.98 Å². The van der Waals surface area contributed by atoms with Crippen LogP contribution in [0.2, 0.25) is 5.02 Å². The van der Waals surface area contributed by atoms with E-state index < -0.39 is 10.8 Å². The Kier molecular flexibility index (Phi) is 5.12. The number of rotatable bonds is 5. The first kappa shape index (κ1) is 17.5. The van der Waals surface area contributed by atoms with Crippen LogP contribution in [-0.4, -0.2) is 15.8 Å². The van der Waals surface area contributed by atoms with E-state index in [-0.39, 0.29) is 22.8 Å². The number of benzene rings is 1. The van der Waals surface area contributed by atoms with Crippen LogP contribution in [-0.2, 0) is 6.54 Å². The lowest BCUT2D eigenvalue weighted by atomic mass is 10.2. The van der Waals surface area contributed by atoms with Crippen molar-refractivity contribution in [3.8, 4) is 9.88 Å². The monoisotopic (exact) mass is 393 g/mol. The van der Waals surface area contributed by atoms with Crippen LogP contribution in [0.3, 0.4) is 0 Å². The Labute approximate surface area is 156 Å². The van der Waals surface area contributed by atoms with Gasteiger partial charge in [-0.2, -0.15) is 0 Å². The van der Waals surface area contributed by atoms with Crippen molar-refractivity contribution in [2.24, 2.45) is 0 Å². The third-order valence-corrected chi connectivity index (χ3v) is 5.97. The van der Waals surface area contributed by atoms with Gasteiger partial charge in [-0.05, 0) is 24.4 Å². The molecule has 0 unspecified atom stereocenters. The van der Waals surface area contributed by atoms with E-state index in [2.05, 4.69) is 10.3 Å². The third-order valence-electron chi connectivity index (χ3n) is 3.44. The molecule has 6 nitrogen and oxygen atoms in total. The van der Waals surface area contributed by atoms with Crippen molar-refractivity contribution in [1.29, 1.82) is 0 Å². The van der Waals surface area contributed by atoms with Gasteiger partial charge in [0.25, 0.3) is 11.6 Å². The van der Waals surface area contributed by atoms with Gasteiger partial charge in [-0.15, -0.1) is 22.7 Å². The maximum absolute atomic E-state index is 12.3. The van der Waals surface area contributed by atoms with Crippen LogP contribution in [0.5, 0.6) is 0 Å². The second-order valence-electron chi connectivity index (χ2n) is 5.11. The van der Waals surface area contributed by atoms with Crippen LogP contribution in [0, 0.1) is 17.0 Å². The molecule has 0 fully saturated rings. The minimum atomic E-state index is -0.562. The summed E-state index contributed by atoms with van der Waals surface area (Å²) in [5.74, 6) is -0.459. The number of nitro benzene ring substituents is 1. The largest absolute Gasteiger partial charge is 0.347 e. The van der Waals surface area contributed by atoms with Gasteiger partial charge in [-0.3, -0.25) is 14.9 Å². The number of amides is 1. The molecule has 3 aromatic rings. The van der Waals surface area contributed by atoms with Gasteiger partial charge >= 0.3 is 0 Å². The highest BCUT2D eigenvalue weighted by Gasteiger charge is 2.17. The molecular weight excluding hydrogens is 382 g/mol. The number of non-ortho nitro benzene ring substituents is 1. The van der Waals surface area contributed by atoms with Gasteiger partial charge < -0.3 is 5.32 Å². The fourth-order valence-electron chi connectivity index (χ4n) is 2.15. The molecule has 2 aromatic heterocycles. The van der Waals surface area contributed by atoms with Crippen LogP contribution in [0.1, 0.15) is 20.9 Å². The average Bonchev–Trinajstić information content (AvgIpc) is 3.22. The highest BCUT2D eigenvalue weighted by Crippen LogP contribution is 2.31. The number of halogens is 1. The molecule has 0 saturated heterocycles. The Bertz CT molecular complexity index is 938. The zero-order chi connectivity index (χ0) is 18.0. The van der Waals surface area contributed by atoms with Crippen molar-refractivity contribution in [1.82, 2.24) is 10.3 Å². The molecule has 25 heavy (non-hydrogen) atoms. The summed E-state index contributed by atoms with van der Waals surface area (Å²) in [7, 11) is 0. The van der Waals surface area contributed by atoms with Gasteiger partial charge in [0.05, 0.1) is 32.6 Å². The van der Waals surface area contributed by atoms with E-state index in [4.69, 9.17) is 11.6 Å². The van der Waals surface area contributed by atoms with E-state index in [9.17, 15) is 14.9 Å². The highest BCUT2D eigenvalue weighted by molar-refractivity contribution is 7.21. The number of hydrogen-bond donors (Lipinski definition) is 1. The predicted octanol–water partition coefficient (Wildman–Crippen LogP) is 4.67. The molecule has 2 heterocycles. The summed E-state index contributed by atoms with van der Waals surface area (Å²) in [5, 5.41) is 16.7. The zero-order valence-electron chi connectivity index (χ0n) is 13.0. The minimum Gasteiger partial charge on any atom is -0.347 e. The van der Waals surface area contributed by atoms with E-state index in [1.54, 1.807) is 11.3 Å². The SMILES string of the molecule is Cc1nc(-c2cccs2)sc1CNC(=O)c1cc([N+](=O)[O-])ccc1Cl. The molecule has 0 atom stereocenters. The molecule has 0 bridgehead atoms. The van der Waals surface area contributed by atoms with Crippen molar-refractivity contribution in [3.05, 3.63) is 67.0 Å². The van der Waals surface area contributed by atoms with Crippen molar-refractivity contribution in [2.75, 3.05) is 0 Å². The zero-order valence-corrected chi connectivity index (χ0v) is 15.4. The second-order valence-corrected chi connectivity index (χ2v) is 7.55. The summed E-state index contributed by atoms with van der Waals surface area (Å²) < 4.78 is 0. The van der Waals surface area contributed by atoms with E-state index in [1.807, 2.05) is 24.4 Å². The van der Waals surface area contributed by atoms with Gasteiger partial charge in [0, 0.05) is 17.0 Å². The molecule has 0 radical (unpaired) electrons. The van der Waals surface area contributed by atoms with Crippen LogP contribution >= 0.6 is 34.3 Å². The van der Waals surface area contributed by atoms with E-state index in [1.165, 1.54) is 29.5 Å². The quantitative estimate of drug-likeness (QED) is 0.504. The number of aromatic nitrogens is 1. The lowest BCUT2D eigenvalue weighted by Crippen LogP contribution is -2.23. The standard InChI is InChI=1S/C16H12ClN3O3S2/c1-9-14(25-16(19-9)13-3-2-6-24-13)8-18-15(21)11-7-10(20(22)23)4-5-12(11)17/h2-7H,8H2,1H3,(H,18,21). The van der Waals surface area contributed by atoms with Crippen LogP contribution in [0.25, 0.3) is 9.88 Å². The first-order valence-electron chi connectivity index (χ1n) is 7.18. The number of thiophene rings is 1. The van der Waals surface area contributed by atoms with Gasteiger partial charge in [0.15, 0.2) is 0 Å². The fourth-order valence-corrected chi connectivity index (χ4v) is 4.16. The topological polar surface area (TPSA) is 85.1 Å². The normalized spacial score (nSPS) is 10.6. The van der Waals surface area contributed by atoms with Crippen molar-refractivity contribution < 1.29 is 9.72 Å². The lowest BCUT2D eigenvalue weighted by Gasteiger charge is -2.06. The number of carbonyl (C=O) groups is 1. The van der Waals surface area contributed by atoms with Crippen LogP contribution in [0.15, 0.2) is 35.7 Å². The number of aryl methyl sites for hydroxylation is 1. The number of thiazole rings is 1. The molecule has 0 spiro atoms. The van der Waals surface area contributed by atoms with Gasteiger partial charge in [0.2, 0.25) is 0 Å². The lowest BCUT2D eigenvalue weighted by molar-refractivity contribution is -0.384. The fraction of sp³-hybridized carbons (Fsp3) is 0.125. The number of hydrogen-bond acceptors (Lipinski definition) is 6. The second kappa shape index (κ2) is 7.30. The van der Waals surface area contributed by atoms with Crippen molar-refractivity contribution >= 4 is 45.9 Å². The molecule has 0 aliphatic carbocycles.